The van der Waals surface area contributed by atoms with E-state index in [4.69, 9.17) is 0 Å². The summed E-state index contributed by atoms with van der Waals surface area (Å²) in [7, 11) is 0. The van der Waals surface area contributed by atoms with Gasteiger partial charge in [0.15, 0.2) is 11.6 Å². The molecule has 0 unspecified atom stereocenters. The molecule has 0 aliphatic carbocycles. The maximum atomic E-state index is 13.2. The number of aromatic nitrogens is 1. The summed E-state index contributed by atoms with van der Waals surface area (Å²) in [5.41, 5.74) is 0. The van der Waals surface area contributed by atoms with Crippen molar-refractivity contribution in [2.24, 2.45) is 0 Å². The second-order valence-electron chi connectivity index (χ2n) is 3.42. The van der Waals surface area contributed by atoms with Crippen molar-refractivity contribution in [3.8, 4) is 0 Å². The predicted molar refractivity (Wildman–Crippen MR) is 69.9 cm³/mol. The number of anilines is 1. The highest BCUT2D eigenvalue weighted by Gasteiger charge is 2.00. The van der Waals surface area contributed by atoms with Gasteiger partial charge in [0.2, 0.25) is 0 Å². The average Bonchev–Trinajstić information content (AvgIpc) is 2.38. The van der Waals surface area contributed by atoms with E-state index >= 15 is 0 Å². The molecule has 0 amide bonds. The van der Waals surface area contributed by atoms with Crippen LogP contribution in [0.4, 0.5) is 10.2 Å². The van der Waals surface area contributed by atoms with E-state index in [0.717, 1.165) is 5.75 Å². The van der Waals surface area contributed by atoms with Crippen LogP contribution in [0, 0.1) is 5.82 Å². The molecule has 0 bridgehead atoms. The molecule has 1 heterocycles. The van der Waals surface area contributed by atoms with Crippen LogP contribution in [0.25, 0.3) is 0 Å². The standard InChI is InChI=1S/C13H13FN2S/c14-12-7-4-8-15-13(12)16-9-10-17-11-5-2-1-3-6-11/h1-8H,9-10H2,(H,15,16). The van der Waals surface area contributed by atoms with E-state index in [1.165, 1.54) is 11.0 Å². The smallest absolute Gasteiger partial charge is 0.165 e. The number of nitrogens with one attached hydrogen (secondary N) is 1. The van der Waals surface area contributed by atoms with Crippen molar-refractivity contribution < 1.29 is 4.39 Å². The zero-order chi connectivity index (χ0) is 11.9. The molecule has 1 aromatic carbocycles. The Morgan fingerprint density at radius 3 is 2.71 bits per heavy atom. The Bertz CT molecular complexity index is 462. The molecule has 0 aliphatic rings. The molecule has 2 aromatic rings. The summed E-state index contributed by atoms with van der Waals surface area (Å²) in [6.07, 6.45) is 1.58. The van der Waals surface area contributed by atoms with Gasteiger partial charge < -0.3 is 5.32 Å². The molecule has 17 heavy (non-hydrogen) atoms. The number of benzene rings is 1. The molecular formula is C13H13FN2S. The molecule has 4 heteroatoms. The summed E-state index contributed by atoms with van der Waals surface area (Å²) in [5, 5.41) is 2.98. The van der Waals surface area contributed by atoms with Gasteiger partial charge in [-0.1, -0.05) is 18.2 Å². The quantitative estimate of drug-likeness (QED) is 0.648. The third-order valence-electron chi connectivity index (χ3n) is 2.16. The first-order chi connectivity index (χ1) is 8.36. The van der Waals surface area contributed by atoms with Crippen LogP contribution in [0.15, 0.2) is 53.6 Å². The Balaban J connectivity index is 1.76. The van der Waals surface area contributed by atoms with Gasteiger partial charge >= 0.3 is 0 Å². The van der Waals surface area contributed by atoms with Crippen LogP contribution >= 0.6 is 11.8 Å². The Morgan fingerprint density at radius 2 is 1.94 bits per heavy atom. The zero-order valence-electron chi connectivity index (χ0n) is 9.27. The molecule has 2 rings (SSSR count). The molecule has 88 valence electrons. The summed E-state index contributed by atoms with van der Waals surface area (Å²) in [6, 6.07) is 13.1. The maximum Gasteiger partial charge on any atom is 0.165 e. The first-order valence-corrected chi connectivity index (χ1v) is 6.37. The first-order valence-electron chi connectivity index (χ1n) is 5.38. The van der Waals surface area contributed by atoms with Crippen molar-refractivity contribution in [3.05, 3.63) is 54.5 Å². The highest BCUT2D eigenvalue weighted by Crippen LogP contribution is 2.16. The highest BCUT2D eigenvalue weighted by molar-refractivity contribution is 7.99. The van der Waals surface area contributed by atoms with Gasteiger partial charge in [0.1, 0.15) is 0 Å². The minimum absolute atomic E-state index is 0.308. The van der Waals surface area contributed by atoms with Crippen LogP contribution in [0.1, 0.15) is 0 Å². The highest BCUT2D eigenvalue weighted by atomic mass is 32.2. The van der Waals surface area contributed by atoms with Crippen molar-refractivity contribution in [2.45, 2.75) is 4.90 Å². The molecular weight excluding hydrogens is 235 g/mol. The maximum absolute atomic E-state index is 13.2. The largest absolute Gasteiger partial charge is 0.367 e. The number of halogens is 1. The third kappa shape index (κ3) is 3.75. The van der Waals surface area contributed by atoms with Gasteiger partial charge in [0.05, 0.1) is 0 Å². The zero-order valence-corrected chi connectivity index (χ0v) is 10.1. The molecule has 0 spiro atoms. The summed E-state index contributed by atoms with van der Waals surface area (Å²) >= 11 is 1.73. The van der Waals surface area contributed by atoms with E-state index in [2.05, 4.69) is 22.4 Å². The van der Waals surface area contributed by atoms with Gasteiger partial charge in [-0.2, -0.15) is 0 Å². The van der Waals surface area contributed by atoms with Crippen LogP contribution in [-0.4, -0.2) is 17.3 Å². The fraction of sp³-hybridized carbons (Fsp3) is 0.154. The summed E-state index contributed by atoms with van der Waals surface area (Å²) in [5.74, 6) is 0.887. The molecule has 0 aliphatic heterocycles. The second kappa shape index (κ2) is 6.25. The van der Waals surface area contributed by atoms with Gasteiger partial charge in [0.25, 0.3) is 0 Å². The van der Waals surface area contributed by atoms with Gasteiger partial charge in [-0.15, -0.1) is 11.8 Å². The summed E-state index contributed by atoms with van der Waals surface area (Å²) < 4.78 is 13.2. The predicted octanol–water partition coefficient (Wildman–Crippen LogP) is 3.42. The van der Waals surface area contributed by atoms with Crippen molar-refractivity contribution >= 4 is 17.6 Å². The fourth-order valence-corrected chi connectivity index (χ4v) is 2.16. The van der Waals surface area contributed by atoms with Crippen LogP contribution in [-0.2, 0) is 0 Å². The average molecular weight is 248 g/mol. The second-order valence-corrected chi connectivity index (χ2v) is 4.59. The van der Waals surface area contributed by atoms with Crippen molar-refractivity contribution in [1.29, 1.82) is 0 Å². The minimum Gasteiger partial charge on any atom is -0.367 e. The van der Waals surface area contributed by atoms with Crippen molar-refractivity contribution in [2.75, 3.05) is 17.6 Å². The molecule has 2 nitrogen and oxygen atoms in total. The number of rotatable bonds is 5. The molecule has 0 atom stereocenters. The topological polar surface area (TPSA) is 24.9 Å². The van der Waals surface area contributed by atoms with Crippen LogP contribution in [0.5, 0.6) is 0 Å². The number of hydrogen-bond acceptors (Lipinski definition) is 3. The number of thioether (sulfide) groups is 1. The Kier molecular flexibility index (Phi) is 4.38. The Hall–Kier alpha value is -1.55. The SMILES string of the molecule is Fc1cccnc1NCCSc1ccccc1. The van der Waals surface area contributed by atoms with Gasteiger partial charge in [-0.25, -0.2) is 9.37 Å². The molecule has 0 radical (unpaired) electrons. The van der Waals surface area contributed by atoms with E-state index < -0.39 is 0 Å². The van der Waals surface area contributed by atoms with E-state index in [1.807, 2.05) is 18.2 Å². The minimum atomic E-state index is -0.308. The van der Waals surface area contributed by atoms with Crippen molar-refractivity contribution in [1.82, 2.24) is 4.98 Å². The molecule has 0 fully saturated rings. The lowest BCUT2D eigenvalue weighted by Gasteiger charge is -2.05. The summed E-state index contributed by atoms with van der Waals surface area (Å²) in [4.78, 5) is 5.15. The summed E-state index contributed by atoms with van der Waals surface area (Å²) in [6.45, 7) is 0.688. The monoisotopic (exact) mass is 248 g/mol. The number of pyridine rings is 1. The van der Waals surface area contributed by atoms with E-state index in [1.54, 1.807) is 24.0 Å². The first kappa shape index (κ1) is 11.9. The van der Waals surface area contributed by atoms with Gasteiger partial charge in [0, 0.05) is 23.4 Å². The lowest BCUT2D eigenvalue weighted by atomic mass is 10.4. The lowest BCUT2D eigenvalue weighted by Crippen LogP contribution is -2.07. The van der Waals surface area contributed by atoms with Gasteiger partial charge in [-0.3, -0.25) is 0 Å². The van der Waals surface area contributed by atoms with Crippen LogP contribution in [0.2, 0.25) is 0 Å². The third-order valence-corrected chi connectivity index (χ3v) is 3.18. The molecule has 0 saturated carbocycles. The number of hydrogen-bond donors (Lipinski definition) is 1. The van der Waals surface area contributed by atoms with E-state index in [9.17, 15) is 4.39 Å². The van der Waals surface area contributed by atoms with E-state index in [0.29, 0.717) is 12.4 Å². The number of nitrogens with zero attached hydrogens (tertiary/aromatic N) is 1. The normalized spacial score (nSPS) is 10.2. The fourth-order valence-electron chi connectivity index (χ4n) is 1.37. The van der Waals surface area contributed by atoms with Crippen LogP contribution < -0.4 is 5.32 Å². The molecule has 0 saturated heterocycles. The Morgan fingerprint density at radius 1 is 1.12 bits per heavy atom. The van der Waals surface area contributed by atoms with Crippen molar-refractivity contribution in [3.63, 3.8) is 0 Å². The molecule has 1 N–H and O–H groups in total. The van der Waals surface area contributed by atoms with Gasteiger partial charge in [-0.05, 0) is 24.3 Å². The lowest BCUT2D eigenvalue weighted by molar-refractivity contribution is 0.625. The van der Waals surface area contributed by atoms with E-state index in [-0.39, 0.29) is 5.82 Å². The molecule has 1 aromatic heterocycles. The van der Waals surface area contributed by atoms with Crippen LogP contribution in [0.3, 0.4) is 0 Å². The Labute approximate surface area is 104 Å².